The molecule has 5 heteroatoms. The number of H-pyrrole nitrogens is 1. The Kier molecular flexibility index (Phi) is 3.05. The molecule has 0 saturated heterocycles. The van der Waals surface area contributed by atoms with Gasteiger partial charge in [0.2, 0.25) is 0 Å². The highest BCUT2D eigenvalue weighted by atomic mass is 16.4. The number of aromatic nitrogens is 2. The van der Waals surface area contributed by atoms with Crippen molar-refractivity contribution in [2.75, 3.05) is 6.54 Å². The van der Waals surface area contributed by atoms with E-state index in [9.17, 15) is 4.79 Å². The van der Waals surface area contributed by atoms with Gasteiger partial charge in [-0.3, -0.25) is 10.00 Å². The van der Waals surface area contributed by atoms with Crippen molar-refractivity contribution < 1.29 is 9.90 Å². The van der Waals surface area contributed by atoms with Crippen molar-refractivity contribution in [3.8, 4) is 0 Å². The molecular weight excluding hydrogens is 242 g/mol. The average molecular weight is 257 g/mol. The van der Waals surface area contributed by atoms with Crippen molar-refractivity contribution in [1.29, 1.82) is 0 Å². The smallest absolute Gasteiger partial charge is 0.356 e. The topological polar surface area (TPSA) is 69.2 Å². The van der Waals surface area contributed by atoms with Crippen LogP contribution in [0.4, 0.5) is 0 Å². The maximum atomic E-state index is 11.0. The maximum absolute atomic E-state index is 11.0. The van der Waals surface area contributed by atoms with Crippen LogP contribution in [0.1, 0.15) is 27.3 Å². The lowest BCUT2D eigenvalue weighted by molar-refractivity contribution is 0.0688. The summed E-state index contributed by atoms with van der Waals surface area (Å²) in [5, 5.41) is 15.8. The van der Waals surface area contributed by atoms with Gasteiger partial charge in [0, 0.05) is 25.2 Å². The van der Waals surface area contributed by atoms with Crippen LogP contribution in [0.3, 0.4) is 0 Å². The first-order valence-corrected chi connectivity index (χ1v) is 6.29. The van der Waals surface area contributed by atoms with Crippen LogP contribution in [-0.2, 0) is 19.5 Å². The molecule has 0 bridgehead atoms. The third kappa shape index (κ3) is 2.37. The molecule has 19 heavy (non-hydrogen) atoms. The van der Waals surface area contributed by atoms with E-state index in [0.29, 0.717) is 0 Å². The van der Waals surface area contributed by atoms with Crippen molar-refractivity contribution in [2.24, 2.45) is 0 Å². The second kappa shape index (κ2) is 4.85. The maximum Gasteiger partial charge on any atom is 0.356 e. The molecule has 0 saturated carbocycles. The SMILES string of the molecule is O=C(O)c1n[nH]c2c1CCN(Cc1ccccc1)C2. The number of aromatic carboxylic acids is 1. The predicted octanol–water partition coefficient (Wildman–Crippen LogP) is 1.67. The van der Waals surface area contributed by atoms with Crippen LogP contribution < -0.4 is 0 Å². The van der Waals surface area contributed by atoms with Crippen molar-refractivity contribution in [1.82, 2.24) is 15.1 Å². The highest BCUT2D eigenvalue weighted by Gasteiger charge is 2.24. The van der Waals surface area contributed by atoms with Crippen molar-refractivity contribution >= 4 is 5.97 Å². The Labute approximate surface area is 110 Å². The Balaban J connectivity index is 1.74. The highest BCUT2D eigenvalue weighted by Crippen LogP contribution is 2.21. The summed E-state index contributed by atoms with van der Waals surface area (Å²) in [5.74, 6) is -0.950. The average Bonchev–Trinajstić information content (AvgIpc) is 2.83. The van der Waals surface area contributed by atoms with E-state index < -0.39 is 5.97 Å². The quantitative estimate of drug-likeness (QED) is 0.877. The summed E-state index contributed by atoms with van der Waals surface area (Å²) in [6, 6.07) is 10.3. The summed E-state index contributed by atoms with van der Waals surface area (Å²) < 4.78 is 0. The third-order valence-electron chi connectivity index (χ3n) is 3.46. The van der Waals surface area contributed by atoms with Crippen molar-refractivity contribution in [2.45, 2.75) is 19.5 Å². The molecular formula is C14H15N3O2. The third-order valence-corrected chi connectivity index (χ3v) is 3.46. The number of hydrogen-bond acceptors (Lipinski definition) is 3. The number of hydrogen-bond donors (Lipinski definition) is 2. The van der Waals surface area contributed by atoms with Gasteiger partial charge in [0.15, 0.2) is 5.69 Å². The molecule has 3 rings (SSSR count). The second-order valence-corrected chi connectivity index (χ2v) is 4.78. The van der Waals surface area contributed by atoms with Crippen molar-refractivity contribution in [3.05, 3.63) is 52.8 Å². The van der Waals surface area contributed by atoms with E-state index in [0.717, 1.165) is 37.3 Å². The van der Waals surface area contributed by atoms with Gasteiger partial charge in [0.25, 0.3) is 0 Å². The first kappa shape index (κ1) is 11.9. The molecule has 0 fully saturated rings. The Bertz CT molecular complexity index is 592. The fraction of sp³-hybridized carbons (Fsp3) is 0.286. The molecule has 2 heterocycles. The molecule has 2 aromatic rings. The van der Waals surface area contributed by atoms with Gasteiger partial charge in [0.05, 0.1) is 5.69 Å². The first-order chi connectivity index (χ1) is 9.24. The summed E-state index contributed by atoms with van der Waals surface area (Å²) >= 11 is 0. The number of aromatic amines is 1. The van der Waals surface area contributed by atoms with Gasteiger partial charge in [-0.2, -0.15) is 5.10 Å². The van der Waals surface area contributed by atoms with E-state index in [1.165, 1.54) is 5.56 Å². The molecule has 5 nitrogen and oxygen atoms in total. The Morgan fingerprint density at radius 1 is 1.37 bits per heavy atom. The minimum absolute atomic E-state index is 0.175. The number of carboxylic acids is 1. The molecule has 0 radical (unpaired) electrons. The highest BCUT2D eigenvalue weighted by molar-refractivity contribution is 5.87. The van der Waals surface area contributed by atoms with Gasteiger partial charge in [0.1, 0.15) is 0 Å². The molecule has 0 aliphatic carbocycles. The standard InChI is InChI=1S/C14H15N3O2/c18-14(19)13-11-6-7-17(9-12(11)15-16-13)8-10-4-2-1-3-5-10/h1-5H,6-9H2,(H,15,16)(H,18,19). The fourth-order valence-electron chi connectivity index (χ4n) is 2.53. The number of carboxylic acid groups (broad SMARTS) is 1. The van der Waals surface area contributed by atoms with Gasteiger partial charge in [-0.05, 0) is 12.0 Å². The van der Waals surface area contributed by atoms with Crippen LogP contribution in [0.2, 0.25) is 0 Å². The summed E-state index contributed by atoms with van der Waals surface area (Å²) in [5.41, 5.74) is 3.23. The van der Waals surface area contributed by atoms with E-state index in [1.807, 2.05) is 18.2 Å². The molecule has 0 atom stereocenters. The lowest BCUT2D eigenvalue weighted by atomic mass is 10.0. The second-order valence-electron chi connectivity index (χ2n) is 4.78. The van der Waals surface area contributed by atoms with Crippen LogP contribution in [0.15, 0.2) is 30.3 Å². The van der Waals surface area contributed by atoms with E-state index in [2.05, 4.69) is 27.2 Å². The lowest BCUT2D eigenvalue weighted by Gasteiger charge is -2.26. The number of benzene rings is 1. The number of carbonyl (C=O) groups is 1. The van der Waals surface area contributed by atoms with Gasteiger partial charge in [-0.25, -0.2) is 4.79 Å². The molecule has 2 N–H and O–H groups in total. The summed E-state index contributed by atoms with van der Waals surface area (Å²) in [7, 11) is 0. The van der Waals surface area contributed by atoms with Crippen LogP contribution in [0.5, 0.6) is 0 Å². The van der Waals surface area contributed by atoms with Crippen LogP contribution >= 0.6 is 0 Å². The molecule has 0 amide bonds. The molecule has 1 aliphatic heterocycles. The van der Waals surface area contributed by atoms with Crippen molar-refractivity contribution in [3.63, 3.8) is 0 Å². The largest absolute Gasteiger partial charge is 0.476 e. The minimum atomic E-state index is -0.950. The fourth-order valence-corrected chi connectivity index (χ4v) is 2.53. The minimum Gasteiger partial charge on any atom is -0.476 e. The monoisotopic (exact) mass is 257 g/mol. The van der Waals surface area contributed by atoms with Gasteiger partial charge < -0.3 is 5.11 Å². The Hall–Kier alpha value is -2.14. The molecule has 0 spiro atoms. The number of fused-ring (bicyclic) bond motifs is 1. The van der Waals surface area contributed by atoms with E-state index in [-0.39, 0.29) is 5.69 Å². The Morgan fingerprint density at radius 2 is 2.16 bits per heavy atom. The van der Waals surface area contributed by atoms with Crippen LogP contribution in [-0.4, -0.2) is 32.7 Å². The van der Waals surface area contributed by atoms with E-state index >= 15 is 0 Å². The van der Waals surface area contributed by atoms with Crippen LogP contribution in [0.25, 0.3) is 0 Å². The molecule has 1 aliphatic rings. The number of nitrogens with one attached hydrogen (secondary N) is 1. The van der Waals surface area contributed by atoms with Gasteiger partial charge in [-0.15, -0.1) is 0 Å². The zero-order valence-electron chi connectivity index (χ0n) is 10.5. The zero-order valence-corrected chi connectivity index (χ0v) is 10.5. The molecule has 1 aromatic heterocycles. The normalized spacial score (nSPS) is 15.2. The Morgan fingerprint density at radius 3 is 2.89 bits per heavy atom. The van der Waals surface area contributed by atoms with Crippen LogP contribution in [0, 0.1) is 0 Å². The number of nitrogens with zero attached hydrogens (tertiary/aromatic N) is 2. The van der Waals surface area contributed by atoms with E-state index in [4.69, 9.17) is 5.11 Å². The van der Waals surface area contributed by atoms with Gasteiger partial charge in [-0.1, -0.05) is 30.3 Å². The molecule has 0 unspecified atom stereocenters. The molecule has 1 aromatic carbocycles. The molecule has 98 valence electrons. The van der Waals surface area contributed by atoms with E-state index in [1.54, 1.807) is 0 Å². The van der Waals surface area contributed by atoms with Gasteiger partial charge >= 0.3 is 5.97 Å². The summed E-state index contributed by atoms with van der Waals surface area (Å²) in [6.07, 6.45) is 0.736. The number of rotatable bonds is 3. The zero-order chi connectivity index (χ0) is 13.2. The lowest BCUT2D eigenvalue weighted by Crippen LogP contribution is -2.30. The summed E-state index contributed by atoms with van der Waals surface area (Å²) in [4.78, 5) is 13.3. The summed E-state index contributed by atoms with van der Waals surface area (Å²) in [6.45, 7) is 2.47. The first-order valence-electron chi connectivity index (χ1n) is 6.29. The predicted molar refractivity (Wildman–Crippen MR) is 69.8 cm³/mol.